The fraction of sp³-hybridized carbons (Fsp3) is 0.400. The Labute approximate surface area is 199 Å². The number of rotatable bonds is 7. The molecule has 1 amide bonds. The average molecular weight is 472 g/mol. The number of piperazine rings is 1. The van der Waals surface area contributed by atoms with Gasteiger partial charge in [-0.3, -0.25) is 9.69 Å². The van der Waals surface area contributed by atoms with E-state index < -0.39 is 0 Å². The zero-order chi connectivity index (χ0) is 21.0. The van der Waals surface area contributed by atoms with Gasteiger partial charge in [-0.2, -0.15) is 0 Å². The smallest absolute Gasteiger partial charge is 0.251 e. The van der Waals surface area contributed by atoms with Crippen molar-refractivity contribution >= 4 is 45.4 Å². The number of carbonyl (C=O) groups excluding carboxylic acids is 1. The summed E-state index contributed by atoms with van der Waals surface area (Å²) in [6.45, 7) is 6.94. The molecule has 1 aromatic heterocycles. The van der Waals surface area contributed by atoms with Crippen molar-refractivity contribution < 1.29 is 9.53 Å². The molecule has 3 aromatic rings. The largest absolute Gasteiger partial charge is 0.494 e. The monoisotopic (exact) mass is 471 g/mol. The Morgan fingerprint density at radius 1 is 1.03 bits per heavy atom. The van der Waals surface area contributed by atoms with Crippen LogP contribution in [0.2, 0.25) is 0 Å². The molecule has 1 saturated heterocycles. The van der Waals surface area contributed by atoms with Crippen LogP contribution in [0.1, 0.15) is 28.8 Å². The number of halogens is 1. The van der Waals surface area contributed by atoms with E-state index in [0.29, 0.717) is 6.61 Å². The van der Waals surface area contributed by atoms with E-state index in [4.69, 9.17) is 4.74 Å². The second kappa shape index (κ2) is 10.6. The molecule has 3 heterocycles. The third kappa shape index (κ3) is 5.03. The second-order valence-electron chi connectivity index (χ2n) is 8.32. The first-order chi connectivity index (χ1) is 15.3. The van der Waals surface area contributed by atoms with Gasteiger partial charge in [0, 0.05) is 54.1 Å². The van der Waals surface area contributed by atoms with Gasteiger partial charge < -0.3 is 15.0 Å². The van der Waals surface area contributed by atoms with Gasteiger partial charge in [-0.25, -0.2) is 0 Å². The van der Waals surface area contributed by atoms with E-state index in [1.807, 2.05) is 29.5 Å². The lowest BCUT2D eigenvalue weighted by atomic mass is 10.0. The van der Waals surface area contributed by atoms with Crippen molar-refractivity contribution in [3.8, 4) is 5.75 Å². The number of hydrogen-bond donors (Lipinski definition) is 1. The molecule has 7 heteroatoms. The minimum atomic E-state index is 0. The fourth-order valence-corrected chi connectivity index (χ4v) is 5.38. The van der Waals surface area contributed by atoms with Crippen molar-refractivity contribution in [3.05, 3.63) is 59.0 Å². The molecule has 2 aliphatic rings. The quantitative estimate of drug-likeness (QED) is 0.512. The summed E-state index contributed by atoms with van der Waals surface area (Å²) < 4.78 is 7.29. The van der Waals surface area contributed by atoms with Crippen LogP contribution in [0, 0.1) is 0 Å². The van der Waals surface area contributed by atoms with E-state index in [2.05, 4.69) is 44.8 Å². The number of anilines is 1. The number of nitrogens with one attached hydrogen (secondary N) is 1. The van der Waals surface area contributed by atoms with E-state index in [0.717, 1.165) is 75.4 Å². The van der Waals surface area contributed by atoms with Crippen LogP contribution in [0.5, 0.6) is 5.75 Å². The molecule has 5 nitrogen and oxygen atoms in total. The minimum absolute atomic E-state index is 0. The van der Waals surface area contributed by atoms with E-state index in [9.17, 15) is 4.79 Å². The number of amides is 1. The Bertz CT molecular complexity index is 1060. The van der Waals surface area contributed by atoms with Crippen LogP contribution in [0.4, 0.5) is 5.69 Å². The first kappa shape index (κ1) is 22.9. The molecule has 0 aliphatic carbocycles. The Kier molecular flexibility index (Phi) is 7.55. The Hall–Kier alpha value is -2.28. The number of ether oxygens (including phenoxy) is 1. The fourth-order valence-electron chi connectivity index (χ4n) is 4.57. The molecule has 0 spiro atoms. The number of unbranched alkanes of at least 4 members (excludes halogenated alkanes) is 1. The molecule has 1 fully saturated rings. The lowest BCUT2D eigenvalue weighted by Crippen LogP contribution is -2.46. The van der Waals surface area contributed by atoms with Crippen LogP contribution in [0.3, 0.4) is 0 Å². The van der Waals surface area contributed by atoms with Crippen LogP contribution < -0.4 is 15.0 Å². The highest BCUT2D eigenvalue weighted by Crippen LogP contribution is 2.31. The number of fused-ring (bicyclic) bond motifs is 2. The number of nitrogens with zero attached hydrogens (tertiary/aromatic N) is 2. The molecule has 2 aromatic carbocycles. The van der Waals surface area contributed by atoms with Gasteiger partial charge in [0.15, 0.2) is 0 Å². The van der Waals surface area contributed by atoms with Crippen LogP contribution in [-0.2, 0) is 6.42 Å². The summed E-state index contributed by atoms with van der Waals surface area (Å²) in [5, 5.41) is 6.47. The summed E-state index contributed by atoms with van der Waals surface area (Å²) in [4.78, 5) is 17.1. The number of thiophene rings is 1. The number of hydrogen-bond acceptors (Lipinski definition) is 5. The van der Waals surface area contributed by atoms with Crippen molar-refractivity contribution in [1.29, 1.82) is 0 Å². The predicted octanol–water partition coefficient (Wildman–Crippen LogP) is 4.59. The molecule has 170 valence electrons. The molecule has 0 radical (unpaired) electrons. The van der Waals surface area contributed by atoms with E-state index in [1.165, 1.54) is 15.8 Å². The standard InChI is InChI=1S/C25H29N3O2S.ClH/c29-25-22-18-20(7-6-19(22)8-10-26-25)30-16-2-1-11-27-12-14-28(15-13-27)23-4-3-5-24-21(23)9-17-31-24;/h3-7,9,17-18H,1-2,8,10-16H2,(H,26,29);1H. The molecule has 0 unspecified atom stereocenters. The maximum atomic E-state index is 12.0. The van der Waals surface area contributed by atoms with Crippen molar-refractivity contribution in [2.75, 3.05) is 50.8 Å². The van der Waals surface area contributed by atoms with Gasteiger partial charge in [-0.05, 0) is 67.1 Å². The van der Waals surface area contributed by atoms with Gasteiger partial charge in [-0.1, -0.05) is 12.1 Å². The van der Waals surface area contributed by atoms with Crippen LogP contribution in [-0.4, -0.2) is 56.7 Å². The van der Waals surface area contributed by atoms with E-state index in [-0.39, 0.29) is 18.3 Å². The van der Waals surface area contributed by atoms with Gasteiger partial charge in [0.05, 0.1) is 6.61 Å². The molecule has 32 heavy (non-hydrogen) atoms. The highest BCUT2D eigenvalue weighted by Gasteiger charge is 2.19. The first-order valence-electron chi connectivity index (χ1n) is 11.3. The lowest BCUT2D eigenvalue weighted by molar-refractivity contribution is 0.0945. The van der Waals surface area contributed by atoms with Crippen molar-refractivity contribution in [2.45, 2.75) is 19.3 Å². The van der Waals surface area contributed by atoms with Gasteiger partial charge in [-0.15, -0.1) is 23.7 Å². The van der Waals surface area contributed by atoms with Crippen LogP contribution in [0.15, 0.2) is 47.8 Å². The molecule has 1 N–H and O–H groups in total. The summed E-state index contributed by atoms with van der Waals surface area (Å²) in [6.07, 6.45) is 3.06. The Balaban J connectivity index is 0.00000245. The van der Waals surface area contributed by atoms with Gasteiger partial charge in [0.25, 0.3) is 5.91 Å². The van der Waals surface area contributed by atoms with Crippen molar-refractivity contribution in [1.82, 2.24) is 10.2 Å². The normalized spacial score (nSPS) is 16.4. The molecule has 5 rings (SSSR count). The summed E-state index contributed by atoms with van der Waals surface area (Å²) in [7, 11) is 0. The lowest BCUT2D eigenvalue weighted by Gasteiger charge is -2.36. The van der Waals surface area contributed by atoms with Crippen molar-refractivity contribution in [2.24, 2.45) is 0 Å². The summed E-state index contributed by atoms with van der Waals surface area (Å²) in [5.41, 5.74) is 3.26. The second-order valence-corrected chi connectivity index (χ2v) is 9.27. The topological polar surface area (TPSA) is 44.8 Å². The van der Waals surface area contributed by atoms with Crippen LogP contribution in [0.25, 0.3) is 10.1 Å². The van der Waals surface area contributed by atoms with Crippen molar-refractivity contribution in [3.63, 3.8) is 0 Å². The number of benzene rings is 2. The zero-order valence-corrected chi connectivity index (χ0v) is 19.9. The van der Waals surface area contributed by atoms with Gasteiger partial charge >= 0.3 is 0 Å². The minimum Gasteiger partial charge on any atom is -0.494 e. The summed E-state index contributed by atoms with van der Waals surface area (Å²) in [5.74, 6) is 0.813. The maximum Gasteiger partial charge on any atom is 0.251 e. The molecular formula is C25H30ClN3O2S. The highest BCUT2D eigenvalue weighted by atomic mass is 35.5. The molecule has 0 saturated carbocycles. The Morgan fingerprint density at radius 2 is 1.91 bits per heavy atom. The van der Waals surface area contributed by atoms with Gasteiger partial charge in [0.1, 0.15) is 5.75 Å². The highest BCUT2D eigenvalue weighted by molar-refractivity contribution is 7.17. The number of carbonyl (C=O) groups is 1. The third-order valence-corrected chi connectivity index (χ3v) is 7.21. The van der Waals surface area contributed by atoms with E-state index >= 15 is 0 Å². The summed E-state index contributed by atoms with van der Waals surface area (Å²) >= 11 is 1.82. The Morgan fingerprint density at radius 3 is 2.78 bits per heavy atom. The van der Waals surface area contributed by atoms with E-state index in [1.54, 1.807) is 0 Å². The summed E-state index contributed by atoms with van der Waals surface area (Å²) in [6, 6.07) is 14.8. The van der Waals surface area contributed by atoms with Crippen LogP contribution >= 0.6 is 23.7 Å². The molecule has 0 bridgehead atoms. The predicted molar refractivity (Wildman–Crippen MR) is 135 cm³/mol. The third-order valence-electron chi connectivity index (χ3n) is 6.33. The van der Waals surface area contributed by atoms with Gasteiger partial charge in [0.2, 0.25) is 0 Å². The SMILES string of the molecule is Cl.O=C1NCCc2ccc(OCCCCN3CCN(c4cccc5sccc45)CC3)cc21. The average Bonchev–Trinajstić information content (AvgIpc) is 3.29. The zero-order valence-electron chi connectivity index (χ0n) is 18.2. The molecule has 2 aliphatic heterocycles. The molecular weight excluding hydrogens is 442 g/mol. The molecule has 0 atom stereocenters. The first-order valence-corrected chi connectivity index (χ1v) is 12.1. The maximum absolute atomic E-state index is 12.0.